The highest BCUT2D eigenvalue weighted by molar-refractivity contribution is 7.09. The molecule has 0 aromatic carbocycles. The molecule has 1 aromatic heterocycles. The van der Waals surface area contributed by atoms with E-state index in [1.54, 1.807) is 11.3 Å². The van der Waals surface area contributed by atoms with Crippen molar-refractivity contribution in [3.05, 3.63) is 28.7 Å². The van der Waals surface area contributed by atoms with E-state index in [9.17, 15) is 0 Å². The molecule has 0 amide bonds. The van der Waals surface area contributed by atoms with E-state index in [2.05, 4.69) is 16.9 Å². The summed E-state index contributed by atoms with van der Waals surface area (Å²) >= 11 is 1.66. The molecule has 0 fully saturated rings. The molecule has 3 nitrogen and oxygen atoms in total. The molecule has 1 rings (SSSR count). The monoisotopic (exact) mass is 212 g/mol. The molecule has 78 valence electrons. The van der Waals surface area contributed by atoms with Gasteiger partial charge in [0.2, 0.25) is 0 Å². The fourth-order valence-corrected chi connectivity index (χ4v) is 1.78. The molecule has 14 heavy (non-hydrogen) atoms. The molecule has 0 unspecified atom stereocenters. The van der Waals surface area contributed by atoms with E-state index in [0.29, 0.717) is 6.61 Å². The van der Waals surface area contributed by atoms with Crippen molar-refractivity contribution in [2.45, 2.75) is 19.6 Å². The number of hydrogen-bond acceptors (Lipinski definition) is 4. The van der Waals surface area contributed by atoms with Crippen molar-refractivity contribution in [2.24, 2.45) is 0 Å². The molecular formula is C10H16N2OS. The molecule has 0 radical (unpaired) electrons. The van der Waals surface area contributed by atoms with Crippen molar-refractivity contribution in [3.8, 4) is 0 Å². The van der Waals surface area contributed by atoms with E-state index in [-0.39, 0.29) is 0 Å². The lowest BCUT2D eigenvalue weighted by Crippen LogP contribution is -2.04. The molecule has 0 saturated heterocycles. The highest BCUT2D eigenvalue weighted by atomic mass is 32.1. The van der Waals surface area contributed by atoms with E-state index in [0.717, 1.165) is 30.3 Å². The zero-order chi connectivity index (χ0) is 10.2. The second-order valence-electron chi connectivity index (χ2n) is 2.89. The second kappa shape index (κ2) is 6.70. The van der Waals surface area contributed by atoms with Crippen molar-refractivity contribution >= 4 is 11.3 Å². The first kappa shape index (κ1) is 11.4. The van der Waals surface area contributed by atoms with Gasteiger partial charge in [-0.25, -0.2) is 4.98 Å². The zero-order valence-corrected chi connectivity index (χ0v) is 9.27. The predicted molar refractivity (Wildman–Crippen MR) is 59.3 cm³/mol. The molecule has 1 aromatic rings. The first-order valence-corrected chi connectivity index (χ1v) is 5.51. The molecule has 0 aliphatic carbocycles. The Morgan fingerprint density at radius 1 is 1.71 bits per heavy atom. The van der Waals surface area contributed by atoms with E-state index in [1.807, 2.05) is 18.5 Å². The number of nitrogens with one attached hydrogen (secondary N) is 1. The minimum Gasteiger partial charge on any atom is -0.375 e. The van der Waals surface area contributed by atoms with Crippen molar-refractivity contribution in [2.75, 3.05) is 13.7 Å². The van der Waals surface area contributed by atoms with Crippen LogP contribution in [-0.2, 0) is 17.9 Å². The smallest absolute Gasteiger partial charge is 0.107 e. The summed E-state index contributed by atoms with van der Waals surface area (Å²) in [5, 5.41) is 6.22. The van der Waals surface area contributed by atoms with E-state index >= 15 is 0 Å². The third kappa shape index (κ3) is 4.00. The van der Waals surface area contributed by atoms with Crippen molar-refractivity contribution in [1.29, 1.82) is 0 Å². The van der Waals surface area contributed by atoms with E-state index in [1.165, 1.54) is 0 Å². The number of hydrogen-bond donors (Lipinski definition) is 1. The molecule has 0 atom stereocenters. The average Bonchev–Trinajstić information content (AvgIpc) is 2.61. The van der Waals surface area contributed by atoms with Gasteiger partial charge in [-0.2, -0.15) is 0 Å². The topological polar surface area (TPSA) is 34.1 Å². The van der Waals surface area contributed by atoms with Gasteiger partial charge in [-0.1, -0.05) is 6.08 Å². The SMILES string of the molecule is C=CCCOCc1csc(CNC)n1. The molecule has 0 bridgehead atoms. The third-order valence-corrected chi connectivity index (χ3v) is 2.54. The van der Waals surface area contributed by atoms with Crippen LogP contribution in [0.4, 0.5) is 0 Å². The Balaban J connectivity index is 2.25. The third-order valence-electron chi connectivity index (χ3n) is 1.64. The first-order chi connectivity index (χ1) is 6.86. The maximum Gasteiger partial charge on any atom is 0.107 e. The fourth-order valence-electron chi connectivity index (χ4n) is 0.991. The van der Waals surface area contributed by atoms with Crippen LogP contribution in [0.5, 0.6) is 0 Å². The maximum absolute atomic E-state index is 5.40. The molecule has 0 saturated carbocycles. The van der Waals surface area contributed by atoms with Gasteiger partial charge in [-0.3, -0.25) is 0 Å². The van der Waals surface area contributed by atoms with Gasteiger partial charge >= 0.3 is 0 Å². The summed E-state index contributed by atoms with van der Waals surface area (Å²) in [7, 11) is 1.92. The highest BCUT2D eigenvalue weighted by Crippen LogP contribution is 2.10. The summed E-state index contributed by atoms with van der Waals surface area (Å²) in [5.41, 5.74) is 1.02. The Hall–Kier alpha value is -0.710. The van der Waals surface area contributed by atoms with Crippen LogP contribution in [-0.4, -0.2) is 18.6 Å². The minimum absolute atomic E-state index is 0.605. The van der Waals surface area contributed by atoms with Gasteiger partial charge in [-0.05, 0) is 13.5 Å². The van der Waals surface area contributed by atoms with Crippen LogP contribution >= 0.6 is 11.3 Å². The minimum atomic E-state index is 0.605. The quantitative estimate of drug-likeness (QED) is 0.554. The summed E-state index contributed by atoms with van der Waals surface area (Å²) in [4.78, 5) is 4.40. The van der Waals surface area contributed by atoms with Gasteiger partial charge in [0, 0.05) is 11.9 Å². The van der Waals surface area contributed by atoms with Crippen molar-refractivity contribution < 1.29 is 4.74 Å². The van der Waals surface area contributed by atoms with Crippen molar-refractivity contribution in [1.82, 2.24) is 10.3 Å². The Morgan fingerprint density at radius 2 is 2.57 bits per heavy atom. The number of ether oxygens (including phenoxy) is 1. The summed E-state index contributed by atoms with van der Waals surface area (Å²) in [6.07, 6.45) is 2.75. The fraction of sp³-hybridized carbons (Fsp3) is 0.500. The van der Waals surface area contributed by atoms with Crippen LogP contribution in [0, 0.1) is 0 Å². The van der Waals surface area contributed by atoms with E-state index in [4.69, 9.17) is 4.74 Å². The standard InChI is InChI=1S/C10H16N2OS/c1-3-4-5-13-7-9-8-14-10(12-9)6-11-2/h3,8,11H,1,4-7H2,2H3. The lowest BCUT2D eigenvalue weighted by Gasteiger charge is -1.98. The van der Waals surface area contributed by atoms with Crippen molar-refractivity contribution in [3.63, 3.8) is 0 Å². The van der Waals surface area contributed by atoms with Gasteiger partial charge in [0.25, 0.3) is 0 Å². The van der Waals surface area contributed by atoms with E-state index < -0.39 is 0 Å². The van der Waals surface area contributed by atoms with Gasteiger partial charge in [0.15, 0.2) is 0 Å². The van der Waals surface area contributed by atoms with Crippen LogP contribution < -0.4 is 5.32 Å². The summed E-state index contributed by atoms with van der Waals surface area (Å²) in [6, 6.07) is 0. The molecule has 1 heterocycles. The Kier molecular flexibility index (Phi) is 5.44. The number of rotatable bonds is 7. The average molecular weight is 212 g/mol. The lowest BCUT2D eigenvalue weighted by molar-refractivity contribution is 0.123. The lowest BCUT2D eigenvalue weighted by atomic mass is 10.4. The van der Waals surface area contributed by atoms with Gasteiger partial charge in [0.05, 0.1) is 18.9 Å². The molecule has 0 aliphatic heterocycles. The summed E-state index contributed by atoms with van der Waals surface area (Å²) < 4.78 is 5.40. The highest BCUT2D eigenvalue weighted by Gasteiger charge is 2.00. The van der Waals surface area contributed by atoms with Crippen LogP contribution in [0.1, 0.15) is 17.1 Å². The van der Waals surface area contributed by atoms with Gasteiger partial charge < -0.3 is 10.1 Å². The Morgan fingerprint density at radius 3 is 3.29 bits per heavy atom. The normalized spacial score (nSPS) is 10.4. The summed E-state index contributed by atoms with van der Waals surface area (Å²) in [6.45, 7) is 5.79. The van der Waals surface area contributed by atoms with Crippen LogP contribution in [0.3, 0.4) is 0 Å². The van der Waals surface area contributed by atoms with Crippen LogP contribution in [0.15, 0.2) is 18.0 Å². The molecule has 4 heteroatoms. The number of aromatic nitrogens is 1. The first-order valence-electron chi connectivity index (χ1n) is 4.63. The largest absolute Gasteiger partial charge is 0.375 e. The Labute approximate surface area is 88.8 Å². The van der Waals surface area contributed by atoms with Gasteiger partial charge in [-0.15, -0.1) is 17.9 Å². The number of thiazole rings is 1. The van der Waals surface area contributed by atoms with Gasteiger partial charge in [0.1, 0.15) is 5.01 Å². The Bertz CT molecular complexity index is 273. The molecule has 0 aliphatic rings. The van der Waals surface area contributed by atoms with Crippen LogP contribution in [0.2, 0.25) is 0 Å². The summed E-state index contributed by atoms with van der Waals surface area (Å²) in [5.74, 6) is 0. The molecule has 0 spiro atoms. The maximum atomic E-state index is 5.40. The number of nitrogens with zero attached hydrogens (tertiary/aromatic N) is 1. The zero-order valence-electron chi connectivity index (χ0n) is 8.45. The van der Waals surface area contributed by atoms with Crippen LogP contribution in [0.25, 0.3) is 0 Å². The molecular weight excluding hydrogens is 196 g/mol. The predicted octanol–water partition coefficient (Wildman–Crippen LogP) is 1.96. The second-order valence-corrected chi connectivity index (χ2v) is 3.84. The molecule has 1 N–H and O–H groups in total.